The highest BCUT2D eigenvalue weighted by atomic mass is 16.5. The molecule has 8 nitrogen and oxygen atoms in total. The highest BCUT2D eigenvalue weighted by Crippen LogP contribution is 2.44. The number of methoxy groups -OCH3 is 1. The van der Waals surface area contributed by atoms with Gasteiger partial charge in [0.05, 0.1) is 24.2 Å². The van der Waals surface area contributed by atoms with Crippen LogP contribution in [0, 0.1) is 30.6 Å². The van der Waals surface area contributed by atoms with Gasteiger partial charge in [-0.15, -0.1) is 0 Å². The molecule has 2 aromatic carbocycles. The summed E-state index contributed by atoms with van der Waals surface area (Å²) >= 11 is 0. The van der Waals surface area contributed by atoms with E-state index >= 15 is 0 Å². The monoisotopic (exact) mass is 457 g/mol. The van der Waals surface area contributed by atoms with E-state index in [1.165, 1.54) is 7.11 Å². The molecule has 0 unspecified atom stereocenters. The normalized spacial score (nSPS) is 13.7. The molecule has 3 aromatic rings. The Morgan fingerprint density at radius 1 is 1.18 bits per heavy atom. The van der Waals surface area contributed by atoms with E-state index in [-0.39, 0.29) is 11.6 Å². The number of H-pyrrole nitrogens is 1. The number of aromatic amines is 1. The van der Waals surface area contributed by atoms with Gasteiger partial charge in [-0.05, 0) is 67.6 Å². The summed E-state index contributed by atoms with van der Waals surface area (Å²) in [6.45, 7) is 4.13. The Morgan fingerprint density at radius 2 is 1.91 bits per heavy atom. The summed E-state index contributed by atoms with van der Waals surface area (Å²) in [7, 11) is 1.48. The Bertz CT molecular complexity index is 1350. The van der Waals surface area contributed by atoms with Crippen molar-refractivity contribution in [3.8, 4) is 34.1 Å². The van der Waals surface area contributed by atoms with Crippen LogP contribution in [0.1, 0.15) is 44.9 Å². The van der Waals surface area contributed by atoms with Crippen molar-refractivity contribution in [3.63, 3.8) is 0 Å². The van der Waals surface area contributed by atoms with Gasteiger partial charge >= 0.3 is 0 Å². The number of benzene rings is 2. The van der Waals surface area contributed by atoms with Gasteiger partial charge in [0.15, 0.2) is 0 Å². The second kappa shape index (κ2) is 8.60. The maximum absolute atomic E-state index is 12.8. The molecular formula is C26H27N5O3. The number of hydrogen-bond acceptors (Lipinski definition) is 5. The Balaban J connectivity index is 1.79. The first-order valence-electron chi connectivity index (χ1n) is 11.0. The summed E-state index contributed by atoms with van der Waals surface area (Å²) in [5.74, 6) is -0.560. The molecule has 0 radical (unpaired) electrons. The Kier molecular flexibility index (Phi) is 5.80. The van der Waals surface area contributed by atoms with E-state index in [0.29, 0.717) is 34.7 Å². The third-order valence-electron chi connectivity index (χ3n) is 6.37. The van der Waals surface area contributed by atoms with Crippen LogP contribution in [-0.2, 0) is 0 Å². The molecule has 0 bridgehead atoms. The lowest BCUT2D eigenvalue weighted by Crippen LogP contribution is -2.29. The van der Waals surface area contributed by atoms with Crippen molar-refractivity contribution in [2.24, 2.45) is 11.1 Å². The topological polar surface area (TPSA) is 147 Å². The smallest absolute Gasteiger partial charge is 0.265 e. The van der Waals surface area contributed by atoms with E-state index in [1.807, 2.05) is 32.0 Å². The molecule has 1 heterocycles. The molecule has 6 N–H and O–H groups in total. The number of hydrogen-bond donors (Lipinski definition) is 4. The third kappa shape index (κ3) is 4.08. The lowest BCUT2D eigenvalue weighted by atomic mass is 9.91. The molecule has 0 aliphatic heterocycles. The van der Waals surface area contributed by atoms with Crippen LogP contribution in [-0.4, -0.2) is 30.5 Å². The fourth-order valence-electron chi connectivity index (χ4n) is 4.26. The van der Waals surface area contributed by atoms with Gasteiger partial charge in [0, 0.05) is 29.1 Å². The average molecular weight is 458 g/mol. The molecule has 1 aliphatic rings. The summed E-state index contributed by atoms with van der Waals surface area (Å²) in [6, 6.07) is 13.0. The number of aromatic nitrogens is 1. The highest BCUT2D eigenvalue weighted by molar-refractivity contribution is 6.05. The van der Waals surface area contributed by atoms with Crippen LogP contribution in [0.15, 0.2) is 36.4 Å². The van der Waals surface area contributed by atoms with Gasteiger partial charge in [0.1, 0.15) is 11.4 Å². The van der Waals surface area contributed by atoms with Crippen molar-refractivity contribution in [2.75, 3.05) is 19.4 Å². The van der Waals surface area contributed by atoms with E-state index in [1.54, 1.807) is 18.2 Å². The van der Waals surface area contributed by atoms with E-state index in [4.69, 9.17) is 16.2 Å². The van der Waals surface area contributed by atoms with Gasteiger partial charge < -0.3 is 26.5 Å². The molecule has 2 amide bonds. The predicted octanol–water partition coefficient (Wildman–Crippen LogP) is 3.69. The van der Waals surface area contributed by atoms with Gasteiger partial charge in [-0.3, -0.25) is 9.59 Å². The summed E-state index contributed by atoms with van der Waals surface area (Å²) in [5, 5.41) is 12.1. The zero-order valence-electron chi connectivity index (χ0n) is 19.4. The number of nitrogens with two attached hydrogens (primary N) is 2. The molecule has 4 rings (SSSR count). The van der Waals surface area contributed by atoms with Crippen LogP contribution in [0.3, 0.4) is 0 Å². The van der Waals surface area contributed by atoms with Crippen molar-refractivity contribution in [3.05, 3.63) is 58.9 Å². The minimum Gasteiger partial charge on any atom is -0.496 e. The number of nitrogens with zero attached hydrogens (tertiary/aromatic N) is 1. The molecule has 1 saturated carbocycles. The summed E-state index contributed by atoms with van der Waals surface area (Å²) in [4.78, 5) is 28.3. The second-order valence-electron chi connectivity index (χ2n) is 8.80. The summed E-state index contributed by atoms with van der Waals surface area (Å²) in [6.07, 6.45) is 1.58. The zero-order chi connectivity index (χ0) is 24.6. The maximum atomic E-state index is 12.8. The van der Waals surface area contributed by atoms with Gasteiger partial charge in [-0.25, -0.2) is 0 Å². The van der Waals surface area contributed by atoms with Crippen molar-refractivity contribution >= 4 is 17.5 Å². The first-order chi connectivity index (χ1) is 16.2. The van der Waals surface area contributed by atoms with Crippen LogP contribution in [0.5, 0.6) is 5.75 Å². The van der Waals surface area contributed by atoms with E-state index in [9.17, 15) is 14.9 Å². The standard InChI is InChI=1S/C26H27N5O3/c1-14-10-17(28)5-7-18(14)21-15(2)31-23(24(29)32)22(21)16-4-6-19(20(11-16)34-3)25(33)30-13-26(12-27)8-9-26/h4-7,10-11,31H,8-9,13,28H2,1-3H3,(H2,29,32)(H,30,33). The molecule has 0 spiro atoms. The average Bonchev–Trinajstić information content (AvgIpc) is 3.52. The van der Waals surface area contributed by atoms with Crippen LogP contribution in [0.25, 0.3) is 22.3 Å². The Labute approximate surface area is 197 Å². The molecule has 0 saturated heterocycles. The SMILES string of the molecule is COc1cc(-c2c(C(N)=O)[nH]c(C)c2-c2ccc(N)cc2C)ccc1C(=O)NCC1(C#N)CC1. The fraction of sp³-hybridized carbons (Fsp3) is 0.269. The molecule has 174 valence electrons. The fourth-order valence-corrected chi connectivity index (χ4v) is 4.26. The number of anilines is 1. The Hall–Kier alpha value is -4.25. The zero-order valence-corrected chi connectivity index (χ0v) is 19.4. The van der Waals surface area contributed by atoms with Gasteiger partial charge in [-0.1, -0.05) is 12.1 Å². The summed E-state index contributed by atoms with van der Waals surface area (Å²) in [5.41, 5.74) is 17.2. The van der Waals surface area contributed by atoms with Crippen molar-refractivity contribution in [1.82, 2.24) is 10.3 Å². The third-order valence-corrected chi connectivity index (χ3v) is 6.37. The number of nitriles is 1. The van der Waals surface area contributed by atoms with Gasteiger partial charge in [0.2, 0.25) is 0 Å². The number of nitrogens with one attached hydrogen (secondary N) is 2. The number of nitrogen functional groups attached to an aromatic ring is 1. The lowest BCUT2D eigenvalue weighted by Gasteiger charge is -2.15. The quantitative estimate of drug-likeness (QED) is 0.400. The predicted molar refractivity (Wildman–Crippen MR) is 130 cm³/mol. The molecule has 8 heteroatoms. The number of amides is 2. The highest BCUT2D eigenvalue weighted by Gasteiger charge is 2.43. The van der Waals surface area contributed by atoms with Crippen molar-refractivity contribution in [1.29, 1.82) is 5.26 Å². The maximum Gasteiger partial charge on any atom is 0.265 e. The molecule has 1 fully saturated rings. The minimum atomic E-state index is -0.593. The number of aryl methyl sites for hydroxylation is 2. The van der Waals surface area contributed by atoms with Crippen LogP contribution >= 0.6 is 0 Å². The van der Waals surface area contributed by atoms with Crippen molar-refractivity contribution in [2.45, 2.75) is 26.7 Å². The van der Waals surface area contributed by atoms with E-state index < -0.39 is 11.3 Å². The second-order valence-corrected chi connectivity index (χ2v) is 8.80. The Morgan fingerprint density at radius 3 is 2.50 bits per heavy atom. The molecule has 1 aromatic heterocycles. The van der Waals surface area contributed by atoms with Crippen LogP contribution in [0.4, 0.5) is 5.69 Å². The number of ether oxygens (including phenoxy) is 1. The summed E-state index contributed by atoms with van der Waals surface area (Å²) < 4.78 is 5.53. The number of carbonyl (C=O) groups excluding carboxylic acids is 2. The molecule has 1 aliphatic carbocycles. The largest absolute Gasteiger partial charge is 0.496 e. The van der Waals surface area contributed by atoms with E-state index in [0.717, 1.165) is 35.2 Å². The van der Waals surface area contributed by atoms with Crippen LogP contribution < -0.4 is 21.5 Å². The molecule has 0 atom stereocenters. The lowest BCUT2D eigenvalue weighted by molar-refractivity contribution is 0.0944. The van der Waals surface area contributed by atoms with Gasteiger partial charge in [0.25, 0.3) is 11.8 Å². The molecule has 34 heavy (non-hydrogen) atoms. The van der Waals surface area contributed by atoms with Crippen molar-refractivity contribution < 1.29 is 14.3 Å². The number of primary amides is 1. The number of rotatable bonds is 7. The minimum absolute atomic E-state index is 0.271. The van der Waals surface area contributed by atoms with Crippen LogP contribution in [0.2, 0.25) is 0 Å². The number of carbonyl (C=O) groups is 2. The van der Waals surface area contributed by atoms with Gasteiger partial charge in [-0.2, -0.15) is 5.26 Å². The molecular weight excluding hydrogens is 430 g/mol. The first-order valence-corrected chi connectivity index (χ1v) is 11.0. The van der Waals surface area contributed by atoms with E-state index in [2.05, 4.69) is 16.4 Å². The first kappa shape index (κ1) is 22.9.